The minimum absolute atomic E-state index is 0.00480. The van der Waals surface area contributed by atoms with Crippen LogP contribution in [-0.4, -0.2) is 59.9 Å². The molecular formula is C20H20ClF3N4O4. The minimum Gasteiger partial charge on any atom is -0.406 e. The van der Waals surface area contributed by atoms with E-state index in [1.165, 1.54) is 19.2 Å². The SMILES string of the molecule is CN(CCO)C(=O)NC(=Nc1cccc(OC(F)(F)F)c1)N(C=O)Cc1ccc(Cl)cc1. The highest BCUT2D eigenvalue weighted by Crippen LogP contribution is 2.26. The second kappa shape index (κ2) is 11.3. The van der Waals surface area contributed by atoms with Crippen molar-refractivity contribution in [3.63, 3.8) is 0 Å². The highest BCUT2D eigenvalue weighted by Gasteiger charge is 2.31. The molecule has 8 nitrogen and oxygen atoms in total. The Hall–Kier alpha value is -3.31. The number of urea groups is 1. The van der Waals surface area contributed by atoms with Crippen molar-refractivity contribution in [2.24, 2.45) is 4.99 Å². The average Bonchev–Trinajstić information content (AvgIpc) is 2.72. The number of amides is 3. The summed E-state index contributed by atoms with van der Waals surface area (Å²) in [5.74, 6) is -0.758. The molecule has 0 saturated carbocycles. The van der Waals surface area contributed by atoms with Gasteiger partial charge in [0.1, 0.15) is 5.75 Å². The first-order valence-electron chi connectivity index (χ1n) is 9.15. The maximum atomic E-state index is 12.5. The van der Waals surface area contributed by atoms with Crippen molar-refractivity contribution in [1.82, 2.24) is 15.1 Å². The van der Waals surface area contributed by atoms with Crippen LogP contribution in [0, 0.1) is 0 Å². The summed E-state index contributed by atoms with van der Waals surface area (Å²) in [5, 5.41) is 11.9. The number of carbonyl (C=O) groups excluding carboxylic acids is 2. The lowest BCUT2D eigenvalue weighted by atomic mass is 10.2. The summed E-state index contributed by atoms with van der Waals surface area (Å²) in [4.78, 5) is 30.5. The van der Waals surface area contributed by atoms with Gasteiger partial charge in [-0.05, 0) is 29.8 Å². The van der Waals surface area contributed by atoms with Crippen LogP contribution in [0.3, 0.4) is 0 Å². The fourth-order valence-electron chi connectivity index (χ4n) is 2.43. The summed E-state index contributed by atoms with van der Waals surface area (Å²) in [5.41, 5.74) is 0.649. The van der Waals surface area contributed by atoms with Gasteiger partial charge in [-0.3, -0.25) is 15.0 Å². The first-order chi connectivity index (χ1) is 15.1. The number of rotatable bonds is 7. The Morgan fingerprint density at radius 3 is 2.53 bits per heavy atom. The molecule has 2 N–H and O–H groups in total. The molecule has 32 heavy (non-hydrogen) atoms. The van der Waals surface area contributed by atoms with Crippen LogP contribution in [0.5, 0.6) is 5.75 Å². The van der Waals surface area contributed by atoms with Crippen LogP contribution >= 0.6 is 11.6 Å². The van der Waals surface area contributed by atoms with E-state index in [0.717, 1.165) is 21.9 Å². The van der Waals surface area contributed by atoms with Crippen molar-refractivity contribution < 1.29 is 32.6 Å². The van der Waals surface area contributed by atoms with Gasteiger partial charge in [-0.25, -0.2) is 9.79 Å². The highest BCUT2D eigenvalue weighted by atomic mass is 35.5. The zero-order chi connectivity index (χ0) is 23.7. The molecule has 0 aliphatic rings. The first-order valence-corrected chi connectivity index (χ1v) is 9.53. The van der Waals surface area contributed by atoms with E-state index in [1.54, 1.807) is 24.3 Å². The molecule has 0 unspecified atom stereocenters. The van der Waals surface area contributed by atoms with E-state index in [0.29, 0.717) is 17.0 Å². The number of hydrogen-bond donors (Lipinski definition) is 2. The third kappa shape index (κ3) is 8.08. The summed E-state index contributed by atoms with van der Waals surface area (Å²) < 4.78 is 41.4. The second-order valence-electron chi connectivity index (χ2n) is 6.42. The number of aliphatic hydroxyl groups excluding tert-OH is 1. The third-order valence-corrected chi connectivity index (χ3v) is 4.20. The number of aliphatic hydroxyl groups is 1. The van der Waals surface area contributed by atoms with Gasteiger partial charge >= 0.3 is 12.4 Å². The van der Waals surface area contributed by atoms with Gasteiger partial charge < -0.3 is 14.7 Å². The van der Waals surface area contributed by atoms with Crippen LogP contribution < -0.4 is 10.1 Å². The molecule has 0 aliphatic carbocycles. The summed E-state index contributed by atoms with van der Waals surface area (Å²) in [6.07, 6.45) is -4.48. The van der Waals surface area contributed by atoms with Crippen LogP contribution in [0.15, 0.2) is 53.5 Å². The first kappa shape index (κ1) is 25.0. The molecule has 0 bridgehead atoms. The molecule has 0 aromatic heterocycles. The topological polar surface area (TPSA) is 94.5 Å². The molecule has 0 fully saturated rings. The van der Waals surface area contributed by atoms with E-state index in [4.69, 9.17) is 16.7 Å². The fraction of sp³-hybridized carbons (Fsp3) is 0.250. The van der Waals surface area contributed by atoms with Gasteiger partial charge in [0.25, 0.3) is 0 Å². The number of benzene rings is 2. The zero-order valence-corrected chi connectivity index (χ0v) is 17.6. The molecule has 0 saturated heterocycles. The van der Waals surface area contributed by atoms with E-state index >= 15 is 0 Å². The molecule has 0 atom stereocenters. The standard InChI is InChI=1S/C20H20ClF3N4O4/c1-27(9-10-29)19(31)26-18(28(13-30)12-14-5-7-15(21)8-6-14)25-16-3-2-4-17(11-16)32-20(22,23)24/h2-8,11,13,29H,9-10,12H2,1H3,(H,25,26,31). The predicted molar refractivity (Wildman–Crippen MR) is 112 cm³/mol. The lowest BCUT2D eigenvalue weighted by Gasteiger charge is -2.23. The van der Waals surface area contributed by atoms with Gasteiger partial charge in [0.05, 0.1) is 18.8 Å². The van der Waals surface area contributed by atoms with Crippen LogP contribution in [0.2, 0.25) is 5.02 Å². The Kier molecular flexibility index (Phi) is 8.85. The fourth-order valence-corrected chi connectivity index (χ4v) is 2.55. The maximum Gasteiger partial charge on any atom is 0.573 e. The van der Waals surface area contributed by atoms with Gasteiger partial charge in [-0.15, -0.1) is 13.2 Å². The zero-order valence-electron chi connectivity index (χ0n) is 16.8. The predicted octanol–water partition coefficient (Wildman–Crippen LogP) is 3.52. The second-order valence-corrected chi connectivity index (χ2v) is 6.85. The Bertz CT molecular complexity index is 955. The quantitative estimate of drug-likeness (QED) is 0.366. The van der Waals surface area contributed by atoms with Crippen LogP contribution in [0.4, 0.5) is 23.7 Å². The van der Waals surface area contributed by atoms with Gasteiger partial charge in [0, 0.05) is 24.7 Å². The molecule has 2 aromatic carbocycles. The molecule has 172 valence electrons. The van der Waals surface area contributed by atoms with Crippen molar-refractivity contribution in [3.05, 3.63) is 59.1 Å². The maximum absolute atomic E-state index is 12.5. The number of ether oxygens (including phenoxy) is 1. The minimum atomic E-state index is -4.89. The number of hydrogen-bond acceptors (Lipinski definition) is 5. The number of guanidine groups is 1. The Labute approximate surface area is 186 Å². The summed E-state index contributed by atoms with van der Waals surface area (Å²) >= 11 is 5.86. The number of alkyl halides is 3. The van der Waals surface area contributed by atoms with Crippen molar-refractivity contribution >= 4 is 35.7 Å². The molecule has 2 aromatic rings. The lowest BCUT2D eigenvalue weighted by Crippen LogP contribution is -2.48. The smallest absolute Gasteiger partial charge is 0.406 e. The number of aliphatic imine (C=N–C) groups is 1. The summed E-state index contributed by atoms with van der Waals surface area (Å²) in [6.45, 7) is -0.302. The number of nitrogens with one attached hydrogen (secondary N) is 1. The number of halogens is 4. The van der Waals surface area contributed by atoms with Crippen molar-refractivity contribution in [2.45, 2.75) is 12.9 Å². The Morgan fingerprint density at radius 2 is 1.94 bits per heavy atom. The molecule has 3 amide bonds. The van der Waals surface area contributed by atoms with E-state index in [9.17, 15) is 22.8 Å². The molecule has 2 rings (SSSR count). The number of nitrogens with zero attached hydrogens (tertiary/aromatic N) is 3. The average molecular weight is 473 g/mol. The van der Waals surface area contributed by atoms with Gasteiger partial charge in [0.2, 0.25) is 12.4 Å². The third-order valence-electron chi connectivity index (χ3n) is 3.95. The normalized spacial score (nSPS) is 11.6. The number of likely N-dealkylation sites (N-methyl/N-ethyl adjacent to an activating group) is 1. The molecular weight excluding hydrogens is 453 g/mol. The summed E-state index contributed by atoms with van der Waals surface area (Å²) in [6, 6.07) is 10.6. The monoisotopic (exact) mass is 472 g/mol. The van der Waals surface area contributed by atoms with Gasteiger partial charge in [-0.2, -0.15) is 0 Å². The molecule has 0 aliphatic heterocycles. The van der Waals surface area contributed by atoms with Crippen molar-refractivity contribution in [3.8, 4) is 5.75 Å². The van der Waals surface area contributed by atoms with Crippen molar-refractivity contribution in [1.29, 1.82) is 0 Å². The highest BCUT2D eigenvalue weighted by molar-refractivity contribution is 6.30. The van der Waals surface area contributed by atoms with Gasteiger partial charge in [0.15, 0.2) is 0 Å². The van der Waals surface area contributed by atoms with E-state index in [1.807, 2.05) is 0 Å². The van der Waals surface area contributed by atoms with Crippen LogP contribution in [-0.2, 0) is 11.3 Å². The number of carbonyl (C=O) groups is 2. The molecule has 12 heteroatoms. The van der Waals surface area contributed by atoms with Crippen molar-refractivity contribution in [2.75, 3.05) is 20.2 Å². The van der Waals surface area contributed by atoms with E-state index in [2.05, 4.69) is 15.0 Å². The Balaban J connectivity index is 2.38. The van der Waals surface area contributed by atoms with E-state index < -0.39 is 18.1 Å². The molecule has 0 heterocycles. The molecule has 0 radical (unpaired) electrons. The summed E-state index contributed by atoms with van der Waals surface area (Å²) in [7, 11) is 1.41. The van der Waals surface area contributed by atoms with E-state index in [-0.39, 0.29) is 31.3 Å². The van der Waals surface area contributed by atoms with Crippen LogP contribution in [0.1, 0.15) is 5.56 Å². The Morgan fingerprint density at radius 1 is 1.25 bits per heavy atom. The largest absolute Gasteiger partial charge is 0.573 e. The van der Waals surface area contributed by atoms with Crippen LogP contribution in [0.25, 0.3) is 0 Å². The lowest BCUT2D eigenvalue weighted by molar-refractivity contribution is -0.274. The van der Waals surface area contributed by atoms with Gasteiger partial charge in [-0.1, -0.05) is 29.8 Å². The molecule has 0 spiro atoms.